The average Bonchev–Trinajstić information content (AvgIpc) is 2.39. The molecule has 2 N–H and O–H groups in total. The van der Waals surface area contributed by atoms with Crippen molar-refractivity contribution >= 4 is 11.3 Å². The van der Waals surface area contributed by atoms with Crippen molar-refractivity contribution in [3.8, 4) is 0 Å². The van der Waals surface area contributed by atoms with Gasteiger partial charge in [-0.3, -0.25) is 4.55 Å². The van der Waals surface area contributed by atoms with Gasteiger partial charge in [0.25, 0.3) is 0 Å². The zero-order valence-electron chi connectivity index (χ0n) is 12.7. The highest BCUT2D eigenvalue weighted by Crippen LogP contribution is 2.12. The van der Waals surface area contributed by atoms with Crippen LogP contribution in [0.25, 0.3) is 0 Å². The SMILES string of the molecule is CCCCCCCCCCCCCCCNS(=O)O. The van der Waals surface area contributed by atoms with Gasteiger partial charge in [0, 0.05) is 6.54 Å². The second-order valence-electron chi connectivity index (χ2n) is 5.39. The Morgan fingerprint density at radius 2 is 1.11 bits per heavy atom. The summed E-state index contributed by atoms with van der Waals surface area (Å²) in [6.07, 6.45) is 17.3. The highest BCUT2D eigenvalue weighted by molar-refractivity contribution is 7.77. The maximum absolute atomic E-state index is 10.3. The molecule has 1 unspecified atom stereocenters. The Morgan fingerprint density at radius 1 is 0.737 bits per heavy atom. The molecule has 4 heteroatoms. The fraction of sp³-hybridized carbons (Fsp3) is 1.00. The second-order valence-corrected chi connectivity index (χ2v) is 6.17. The summed E-state index contributed by atoms with van der Waals surface area (Å²) in [5.74, 6) is 0. The van der Waals surface area contributed by atoms with Gasteiger partial charge in [-0.15, -0.1) is 0 Å². The van der Waals surface area contributed by atoms with Gasteiger partial charge < -0.3 is 0 Å². The van der Waals surface area contributed by atoms with Crippen LogP contribution in [0.2, 0.25) is 0 Å². The molecule has 0 spiro atoms. The Hall–Kier alpha value is 0.0700. The maximum Gasteiger partial charge on any atom is 0.231 e. The Balaban J connectivity index is 2.93. The van der Waals surface area contributed by atoms with E-state index in [1.54, 1.807) is 0 Å². The summed E-state index contributed by atoms with van der Waals surface area (Å²) in [5, 5.41) is 0. The molecule has 0 rings (SSSR count). The van der Waals surface area contributed by atoms with E-state index in [4.69, 9.17) is 4.55 Å². The molecule has 0 aromatic carbocycles. The Labute approximate surface area is 122 Å². The zero-order chi connectivity index (χ0) is 14.2. The van der Waals surface area contributed by atoms with Crippen molar-refractivity contribution in [2.45, 2.75) is 90.4 Å². The largest absolute Gasteiger partial charge is 0.294 e. The third kappa shape index (κ3) is 18.1. The molecule has 0 saturated carbocycles. The molecule has 19 heavy (non-hydrogen) atoms. The molecule has 0 aromatic heterocycles. The Bertz CT molecular complexity index is 201. The van der Waals surface area contributed by atoms with Crippen molar-refractivity contribution in [1.82, 2.24) is 4.72 Å². The third-order valence-electron chi connectivity index (χ3n) is 3.51. The van der Waals surface area contributed by atoms with Crippen molar-refractivity contribution < 1.29 is 8.76 Å². The van der Waals surface area contributed by atoms with Gasteiger partial charge in [-0.1, -0.05) is 84.0 Å². The zero-order valence-corrected chi connectivity index (χ0v) is 13.5. The topological polar surface area (TPSA) is 49.3 Å². The quantitative estimate of drug-likeness (QED) is 0.336. The van der Waals surface area contributed by atoms with Crippen molar-refractivity contribution in [2.24, 2.45) is 0 Å². The molecule has 0 amide bonds. The van der Waals surface area contributed by atoms with Crippen LogP contribution in [0.1, 0.15) is 90.4 Å². The molecule has 0 aliphatic rings. The van der Waals surface area contributed by atoms with E-state index in [0.717, 1.165) is 6.42 Å². The fourth-order valence-corrected chi connectivity index (χ4v) is 2.62. The highest BCUT2D eigenvalue weighted by atomic mass is 32.2. The second kappa shape index (κ2) is 16.1. The maximum atomic E-state index is 10.3. The van der Waals surface area contributed by atoms with Crippen LogP contribution in [0.5, 0.6) is 0 Å². The number of nitrogens with one attached hydrogen (secondary N) is 1. The first-order valence-electron chi connectivity index (χ1n) is 8.11. The summed E-state index contributed by atoms with van der Waals surface area (Å²) in [6.45, 7) is 2.92. The van der Waals surface area contributed by atoms with Gasteiger partial charge in [0.05, 0.1) is 0 Å². The minimum atomic E-state index is -1.83. The van der Waals surface area contributed by atoms with E-state index in [2.05, 4.69) is 11.6 Å². The summed E-state index contributed by atoms with van der Waals surface area (Å²) >= 11 is -1.83. The summed E-state index contributed by atoms with van der Waals surface area (Å²) < 4.78 is 21.3. The van der Waals surface area contributed by atoms with Crippen LogP contribution in [0.15, 0.2) is 0 Å². The van der Waals surface area contributed by atoms with Gasteiger partial charge in [0.1, 0.15) is 0 Å². The molecular formula is C15H33NO2S. The van der Waals surface area contributed by atoms with Crippen molar-refractivity contribution in [2.75, 3.05) is 6.54 Å². The van der Waals surface area contributed by atoms with Crippen LogP contribution in [-0.4, -0.2) is 15.3 Å². The first-order chi connectivity index (χ1) is 9.27. The number of hydrogen-bond acceptors (Lipinski definition) is 1. The number of hydrogen-bond donors (Lipinski definition) is 2. The summed E-state index contributed by atoms with van der Waals surface area (Å²) in [6, 6.07) is 0. The van der Waals surface area contributed by atoms with E-state index in [1.165, 1.54) is 77.0 Å². The van der Waals surface area contributed by atoms with Crippen molar-refractivity contribution in [1.29, 1.82) is 0 Å². The average molecular weight is 292 g/mol. The van der Waals surface area contributed by atoms with Crippen molar-refractivity contribution in [3.63, 3.8) is 0 Å². The van der Waals surface area contributed by atoms with E-state index in [9.17, 15) is 4.21 Å². The Morgan fingerprint density at radius 3 is 1.47 bits per heavy atom. The van der Waals surface area contributed by atoms with E-state index in [-0.39, 0.29) is 0 Å². The molecule has 3 nitrogen and oxygen atoms in total. The molecule has 0 bridgehead atoms. The van der Waals surface area contributed by atoms with Gasteiger partial charge in [0.2, 0.25) is 11.3 Å². The smallest absolute Gasteiger partial charge is 0.231 e. The van der Waals surface area contributed by atoms with E-state index >= 15 is 0 Å². The first kappa shape index (κ1) is 19.1. The molecule has 0 heterocycles. The van der Waals surface area contributed by atoms with Gasteiger partial charge in [-0.2, -0.15) is 0 Å². The molecule has 0 saturated heterocycles. The van der Waals surface area contributed by atoms with Crippen LogP contribution in [0, 0.1) is 0 Å². The van der Waals surface area contributed by atoms with Crippen LogP contribution < -0.4 is 4.72 Å². The lowest BCUT2D eigenvalue weighted by molar-refractivity contribution is 0.530. The third-order valence-corrected chi connectivity index (χ3v) is 3.96. The van der Waals surface area contributed by atoms with Crippen LogP contribution in [-0.2, 0) is 11.3 Å². The summed E-state index contributed by atoms with van der Waals surface area (Å²) in [5.41, 5.74) is 0. The summed E-state index contributed by atoms with van der Waals surface area (Å²) in [7, 11) is 0. The van der Waals surface area contributed by atoms with Gasteiger partial charge >= 0.3 is 0 Å². The molecule has 0 aliphatic heterocycles. The predicted molar refractivity (Wildman–Crippen MR) is 84.5 cm³/mol. The molecule has 0 aliphatic carbocycles. The molecular weight excluding hydrogens is 258 g/mol. The fourth-order valence-electron chi connectivity index (χ4n) is 2.30. The lowest BCUT2D eigenvalue weighted by atomic mass is 10.0. The highest BCUT2D eigenvalue weighted by Gasteiger charge is 1.94. The minimum absolute atomic E-state index is 0.654. The molecule has 0 aromatic rings. The van der Waals surface area contributed by atoms with E-state index in [1.807, 2.05) is 0 Å². The molecule has 0 fully saturated rings. The lowest BCUT2D eigenvalue weighted by Crippen LogP contribution is -2.17. The molecule has 116 valence electrons. The van der Waals surface area contributed by atoms with Crippen LogP contribution in [0.3, 0.4) is 0 Å². The van der Waals surface area contributed by atoms with Crippen molar-refractivity contribution in [3.05, 3.63) is 0 Å². The summed E-state index contributed by atoms with van der Waals surface area (Å²) in [4.78, 5) is 0. The van der Waals surface area contributed by atoms with Crippen LogP contribution in [0.4, 0.5) is 0 Å². The van der Waals surface area contributed by atoms with Crippen LogP contribution >= 0.6 is 0 Å². The van der Waals surface area contributed by atoms with Gasteiger partial charge in [0.15, 0.2) is 0 Å². The lowest BCUT2D eigenvalue weighted by Gasteiger charge is -2.03. The molecule has 1 atom stereocenters. The number of unbranched alkanes of at least 4 members (excludes halogenated alkanes) is 12. The monoisotopic (exact) mass is 291 g/mol. The molecule has 0 radical (unpaired) electrons. The first-order valence-corrected chi connectivity index (χ1v) is 9.22. The number of rotatable bonds is 15. The predicted octanol–water partition coefficient (Wildman–Crippen LogP) is 4.80. The van der Waals surface area contributed by atoms with Gasteiger partial charge in [-0.05, 0) is 6.42 Å². The van der Waals surface area contributed by atoms with E-state index in [0.29, 0.717) is 6.54 Å². The standard InChI is InChI=1S/C15H33NO2S/c1-2-3-4-5-6-7-8-9-10-11-12-13-14-15-16-19(17)18/h16H,2-15H2,1H3,(H,17,18). The minimum Gasteiger partial charge on any atom is -0.294 e. The van der Waals surface area contributed by atoms with E-state index < -0.39 is 11.3 Å². The van der Waals surface area contributed by atoms with Gasteiger partial charge in [-0.25, -0.2) is 8.93 Å². The normalized spacial score (nSPS) is 12.7. The Kier molecular flexibility index (Phi) is 16.2.